The summed E-state index contributed by atoms with van der Waals surface area (Å²) in [6.45, 7) is 5.54. The maximum absolute atomic E-state index is 4.25. The normalized spacial score (nSPS) is 16.1. The molecule has 15 heavy (non-hydrogen) atoms. The Bertz CT molecular complexity index is 337. The number of rotatable bonds is 3. The Morgan fingerprint density at radius 1 is 1.47 bits per heavy atom. The molecule has 0 atom stereocenters. The Hall–Kier alpha value is -1.16. The Morgan fingerprint density at radius 3 is 3.07 bits per heavy atom. The van der Waals surface area contributed by atoms with Gasteiger partial charge in [-0.2, -0.15) is 5.10 Å². The van der Waals surface area contributed by atoms with Crippen LogP contribution in [-0.4, -0.2) is 35.2 Å². The first-order valence-corrected chi connectivity index (χ1v) is 5.59. The minimum Gasteiger partial charge on any atom is -0.372 e. The van der Waals surface area contributed by atoms with Gasteiger partial charge >= 0.3 is 0 Å². The maximum atomic E-state index is 4.25. The fraction of sp³-hybridized carbons (Fsp3) is 0.636. The summed E-state index contributed by atoms with van der Waals surface area (Å²) in [5.41, 5.74) is 2.50. The third-order valence-corrected chi connectivity index (χ3v) is 2.81. The van der Waals surface area contributed by atoms with Crippen LogP contribution in [0.5, 0.6) is 0 Å². The van der Waals surface area contributed by atoms with E-state index in [0.717, 1.165) is 25.3 Å². The van der Waals surface area contributed by atoms with Gasteiger partial charge < -0.3 is 5.32 Å². The summed E-state index contributed by atoms with van der Waals surface area (Å²) in [5, 5.41) is 11.4. The van der Waals surface area contributed by atoms with Gasteiger partial charge in [-0.1, -0.05) is 6.92 Å². The van der Waals surface area contributed by atoms with Crippen LogP contribution in [0.1, 0.15) is 24.6 Å². The Morgan fingerprint density at radius 2 is 2.33 bits per heavy atom. The molecule has 0 aliphatic carbocycles. The summed E-state index contributed by atoms with van der Waals surface area (Å²) in [6, 6.07) is 2.12. The van der Waals surface area contributed by atoms with Gasteiger partial charge in [-0.3, -0.25) is 4.90 Å². The van der Waals surface area contributed by atoms with Crippen molar-refractivity contribution in [1.82, 2.24) is 15.1 Å². The predicted octanol–water partition coefficient (Wildman–Crippen LogP) is 1.29. The van der Waals surface area contributed by atoms with Crippen LogP contribution in [0.15, 0.2) is 6.07 Å². The Balaban J connectivity index is 2.16. The van der Waals surface area contributed by atoms with Gasteiger partial charge in [-0.05, 0) is 24.6 Å². The van der Waals surface area contributed by atoms with Crippen LogP contribution in [0, 0.1) is 0 Å². The van der Waals surface area contributed by atoms with Gasteiger partial charge in [-0.15, -0.1) is 5.10 Å². The third kappa shape index (κ3) is 2.26. The van der Waals surface area contributed by atoms with Crippen molar-refractivity contribution < 1.29 is 0 Å². The first-order valence-electron chi connectivity index (χ1n) is 5.59. The lowest BCUT2D eigenvalue weighted by Gasteiger charge is -2.27. The van der Waals surface area contributed by atoms with E-state index in [0.29, 0.717) is 0 Å². The van der Waals surface area contributed by atoms with E-state index in [1.54, 1.807) is 0 Å². The smallest absolute Gasteiger partial charge is 0.148 e. The van der Waals surface area contributed by atoms with Gasteiger partial charge in [0, 0.05) is 26.6 Å². The average molecular weight is 206 g/mol. The number of hydrogen-bond donors (Lipinski definition) is 1. The molecule has 0 unspecified atom stereocenters. The third-order valence-electron chi connectivity index (χ3n) is 2.81. The highest BCUT2D eigenvalue weighted by Crippen LogP contribution is 2.18. The molecule has 0 spiro atoms. The van der Waals surface area contributed by atoms with E-state index in [1.807, 2.05) is 7.05 Å². The van der Waals surface area contributed by atoms with Crippen LogP contribution in [0.25, 0.3) is 0 Å². The van der Waals surface area contributed by atoms with Crippen molar-refractivity contribution in [1.29, 1.82) is 0 Å². The van der Waals surface area contributed by atoms with Crippen molar-refractivity contribution >= 4 is 5.82 Å². The van der Waals surface area contributed by atoms with Gasteiger partial charge in [0.1, 0.15) is 5.82 Å². The van der Waals surface area contributed by atoms with Crippen LogP contribution in [0.2, 0.25) is 0 Å². The van der Waals surface area contributed by atoms with Gasteiger partial charge in [-0.25, -0.2) is 0 Å². The molecule has 0 fully saturated rings. The fourth-order valence-electron chi connectivity index (χ4n) is 2.02. The van der Waals surface area contributed by atoms with Gasteiger partial charge in [0.05, 0.1) is 5.69 Å². The predicted molar refractivity (Wildman–Crippen MR) is 60.9 cm³/mol. The number of hydrogen-bond acceptors (Lipinski definition) is 4. The second-order valence-corrected chi connectivity index (χ2v) is 3.98. The topological polar surface area (TPSA) is 41.1 Å². The first kappa shape index (κ1) is 10.4. The van der Waals surface area contributed by atoms with E-state index in [1.165, 1.54) is 24.2 Å². The largest absolute Gasteiger partial charge is 0.372 e. The lowest BCUT2D eigenvalue weighted by molar-refractivity contribution is 0.252. The Kier molecular flexibility index (Phi) is 3.16. The minimum absolute atomic E-state index is 0.868. The zero-order chi connectivity index (χ0) is 10.7. The number of anilines is 1. The fourth-order valence-corrected chi connectivity index (χ4v) is 2.02. The molecule has 0 amide bonds. The molecule has 0 aromatic carbocycles. The summed E-state index contributed by atoms with van der Waals surface area (Å²) >= 11 is 0. The van der Waals surface area contributed by atoms with Crippen molar-refractivity contribution in [3.8, 4) is 0 Å². The lowest BCUT2D eigenvalue weighted by atomic mass is 10.1. The quantitative estimate of drug-likeness (QED) is 0.809. The van der Waals surface area contributed by atoms with Gasteiger partial charge in [0.15, 0.2) is 0 Å². The summed E-state index contributed by atoms with van der Waals surface area (Å²) in [7, 11) is 1.88. The van der Waals surface area contributed by atoms with Gasteiger partial charge in [0.2, 0.25) is 0 Å². The van der Waals surface area contributed by atoms with Crippen molar-refractivity contribution in [2.24, 2.45) is 0 Å². The van der Waals surface area contributed by atoms with E-state index in [4.69, 9.17) is 0 Å². The number of fused-ring (bicyclic) bond motifs is 1. The highest BCUT2D eigenvalue weighted by atomic mass is 15.2. The molecule has 0 saturated carbocycles. The van der Waals surface area contributed by atoms with E-state index in [9.17, 15) is 0 Å². The van der Waals surface area contributed by atoms with Crippen molar-refractivity contribution in [2.45, 2.75) is 26.3 Å². The molecule has 4 nitrogen and oxygen atoms in total. The molecule has 82 valence electrons. The van der Waals surface area contributed by atoms with Crippen LogP contribution in [0.3, 0.4) is 0 Å². The number of aromatic nitrogens is 2. The second kappa shape index (κ2) is 4.57. The summed E-state index contributed by atoms with van der Waals surface area (Å²) < 4.78 is 0. The molecular weight excluding hydrogens is 188 g/mol. The molecule has 2 rings (SSSR count). The maximum Gasteiger partial charge on any atom is 0.148 e. The monoisotopic (exact) mass is 206 g/mol. The molecule has 0 bridgehead atoms. The van der Waals surface area contributed by atoms with Crippen LogP contribution < -0.4 is 5.32 Å². The minimum atomic E-state index is 0.868. The van der Waals surface area contributed by atoms with Crippen LogP contribution >= 0.6 is 0 Å². The van der Waals surface area contributed by atoms with Gasteiger partial charge in [0.25, 0.3) is 0 Å². The molecule has 4 heteroatoms. The van der Waals surface area contributed by atoms with Crippen molar-refractivity contribution in [3.05, 3.63) is 17.3 Å². The van der Waals surface area contributed by atoms with E-state index < -0.39 is 0 Å². The lowest BCUT2D eigenvalue weighted by Crippen LogP contribution is -2.31. The Labute approximate surface area is 90.7 Å². The molecular formula is C11H18N4. The zero-order valence-corrected chi connectivity index (χ0v) is 9.45. The van der Waals surface area contributed by atoms with Crippen molar-refractivity contribution in [2.75, 3.05) is 25.5 Å². The number of nitrogens with one attached hydrogen (secondary N) is 1. The van der Waals surface area contributed by atoms with Crippen molar-refractivity contribution in [3.63, 3.8) is 0 Å². The highest BCUT2D eigenvalue weighted by Gasteiger charge is 2.17. The standard InChI is InChI=1S/C11H18N4/c1-3-5-15-6-4-10-9(8-15)7-11(12-2)14-13-10/h7H,3-6,8H2,1-2H3,(H,12,14). The molecule has 1 aliphatic heterocycles. The molecule has 2 heterocycles. The molecule has 0 saturated heterocycles. The van der Waals surface area contributed by atoms with E-state index >= 15 is 0 Å². The summed E-state index contributed by atoms with van der Waals surface area (Å²) in [6.07, 6.45) is 2.25. The molecule has 1 aliphatic rings. The summed E-state index contributed by atoms with van der Waals surface area (Å²) in [5.74, 6) is 0.868. The zero-order valence-electron chi connectivity index (χ0n) is 9.45. The summed E-state index contributed by atoms with van der Waals surface area (Å²) in [4.78, 5) is 2.48. The molecule has 1 aromatic rings. The van der Waals surface area contributed by atoms with E-state index in [2.05, 4.69) is 33.4 Å². The molecule has 1 N–H and O–H groups in total. The van der Waals surface area contributed by atoms with Crippen LogP contribution in [0.4, 0.5) is 5.82 Å². The molecule has 0 radical (unpaired) electrons. The second-order valence-electron chi connectivity index (χ2n) is 3.98. The molecule has 1 aromatic heterocycles. The van der Waals surface area contributed by atoms with E-state index in [-0.39, 0.29) is 0 Å². The highest BCUT2D eigenvalue weighted by molar-refractivity contribution is 5.38. The average Bonchev–Trinajstić information content (AvgIpc) is 2.28. The number of nitrogens with zero attached hydrogens (tertiary/aromatic N) is 3. The first-order chi connectivity index (χ1) is 7.33. The van der Waals surface area contributed by atoms with Crippen LogP contribution in [-0.2, 0) is 13.0 Å². The SMILES string of the molecule is CCCN1CCc2nnc(NC)cc2C1.